The maximum Gasteiger partial charge on any atom is 0.419 e. The number of amides is 1. The molecule has 1 aliphatic carbocycles. The molecule has 2 fully saturated rings. The third-order valence-corrected chi connectivity index (χ3v) is 8.49. The van der Waals surface area contributed by atoms with E-state index in [1.165, 1.54) is 19.0 Å². The van der Waals surface area contributed by atoms with E-state index in [-0.39, 0.29) is 35.2 Å². The molecule has 2 aliphatic heterocycles. The third kappa shape index (κ3) is 5.35. The highest BCUT2D eigenvalue weighted by atomic mass is 19.4. The van der Waals surface area contributed by atoms with Crippen LogP contribution >= 0.6 is 0 Å². The fraction of sp³-hybridized carbons (Fsp3) is 0.667. The molecular weight excluding hydrogens is 481 g/mol. The average Bonchev–Trinajstić information content (AvgIpc) is 3.49. The van der Waals surface area contributed by atoms with Crippen molar-refractivity contribution in [1.82, 2.24) is 25.2 Å². The highest BCUT2D eigenvalue weighted by Gasteiger charge is 2.39. The maximum atomic E-state index is 14.0. The summed E-state index contributed by atoms with van der Waals surface area (Å²) in [6, 6.07) is 0.135. The number of carbonyl (C=O) groups is 1. The van der Waals surface area contributed by atoms with Gasteiger partial charge >= 0.3 is 6.18 Å². The van der Waals surface area contributed by atoms with Crippen molar-refractivity contribution in [2.45, 2.75) is 95.9 Å². The van der Waals surface area contributed by atoms with Crippen molar-refractivity contribution in [2.75, 3.05) is 18.4 Å². The monoisotopic (exact) mass is 518 g/mol. The molecule has 0 spiro atoms. The minimum atomic E-state index is -4.62. The van der Waals surface area contributed by atoms with Crippen LogP contribution in [0.25, 0.3) is 11.3 Å². The van der Waals surface area contributed by atoms with Crippen molar-refractivity contribution in [3.05, 3.63) is 29.2 Å². The van der Waals surface area contributed by atoms with Crippen molar-refractivity contribution in [2.24, 2.45) is 5.92 Å². The summed E-state index contributed by atoms with van der Waals surface area (Å²) in [6.07, 6.45) is 5.37. The standard InChI is InChI=1S/C27H37F3N6O/c1-16(17-7-4-5-8-17)36-12-6-9-19-20(14-31-23(19)24(36)37)22-21(27(28,29)30)15-32-25(35-22)34-18-10-11-26(2,3)33-13-18/h14-18,31,33H,4-13H2,1-3H3,(H,32,34,35). The largest absolute Gasteiger partial charge is 0.419 e. The van der Waals surface area contributed by atoms with Gasteiger partial charge in [-0.1, -0.05) is 12.8 Å². The molecule has 2 atom stereocenters. The Bertz CT molecular complexity index is 1130. The summed E-state index contributed by atoms with van der Waals surface area (Å²) in [4.78, 5) is 26.9. The minimum absolute atomic E-state index is 0.0214. The zero-order chi connectivity index (χ0) is 26.4. The van der Waals surface area contributed by atoms with Gasteiger partial charge in [0.15, 0.2) is 0 Å². The first kappa shape index (κ1) is 26.0. The second-order valence-electron chi connectivity index (χ2n) is 11.5. The number of halogens is 3. The van der Waals surface area contributed by atoms with Crippen molar-refractivity contribution in [3.63, 3.8) is 0 Å². The van der Waals surface area contributed by atoms with Crippen LogP contribution in [0.15, 0.2) is 12.4 Å². The number of carbonyl (C=O) groups excluding carboxylic acids is 1. The Labute approximate surface area is 216 Å². The first-order chi connectivity index (χ1) is 17.5. The SMILES string of the molecule is CC(C1CCCC1)N1CCCc2c(-c3nc(NC4CCC(C)(C)NC4)ncc3C(F)(F)F)c[nH]c2C1=O. The fourth-order valence-corrected chi connectivity index (χ4v) is 6.16. The van der Waals surface area contributed by atoms with Crippen molar-refractivity contribution in [1.29, 1.82) is 0 Å². The summed E-state index contributed by atoms with van der Waals surface area (Å²) in [5.41, 5.74) is 0.286. The van der Waals surface area contributed by atoms with Crippen LogP contribution in [-0.2, 0) is 12.6 Å². The molecule has 1 saturated heterocycles. The van der Waals surface area contributed by atoms with Gasteiger partial charge in [0.2, 0.25) is 5.95 Å². The molecule has 0 bridgehead atoms. The van der Waals surface area contributed by atoms with Crippen LogP contribution in [0.1, 0.15) is 87.3 Å². The van der Waals surface area contributed by atoms with Crippen LogP contribution < -0.4 is 10.6 Å². The topological polar surface area (TPSA) is 85.9 Å². The molecule has 0 aromatic carbocycles. The van der Waals surface area contributed by atoms with Gasteiger partial charge in [-0.3, -0.25) is 4.79 Å². The molecule has 37 heavy (non-hydrogen) atoms. The molecule has 3 N–H and O–H groups in total. The Morgan fingerprint density at radius 3 is 2.62 bits per heavy atom. The van der Waals surface area contributed by atoms with Crippen molar-refractivity contribution in [3.8, 4) is 11.3 Å². The number of H-pyrrole nitrogens is 1. The number of anilines is 1. The van der Waals surface area contributed by atoms with Crippen LogP contribution in [0.2, 0.25) is 0 Å². The van der Waals surface area contributed by atoms with E-state index >= 15 is 0 Å². The molecule has 4 heterocycles. The molecule has 7 nitrogen and oxygen atoms in total. The Kier molecular flexibility index (Phi) is 6.98. The minimum Gasteiger partial charge on any atom is -0.356 e. The first-order valence-corrected chi connectivity index (χ1v) is 13.5. The highest BCUT2D eigenvalue weighted by molar-refractivity contribution is 5.97. The highest BCUT2D eigenvalue weighted by Crippen LogP contribution is 2.40. The Morgan fingerprint density at radius 2 is 1.95 bits per heavy atom. The quantitative estimate of drug-likeness (QED) is 0.494. The van der Waals surface area contributed by atoms with E-state index in [2.05, 4.69) is 46.4 Å². The molecule has 2 unspecified atom stereocenters. The lowest BCUT2D eigenvalue weighted by molar-refractivity contribution is -0.137. The van der Waals surface area contributed by atoms with Gasteiger partial charge in [-0.2, -0.15) is 13.2 Å². The van der Waals surface area contributed by atoms with Crippen LogP contribution in [0.4, 0.5) is 19.1 Å². The molecular formula is C27H37F3N6O. The van der Waals surface area contributed by atoms with Gasteiger partial charge in [0, 0.05) is 48.7 Å². The predicted molar refractivity (Wildman–Crippen MR) is 136 cm³/mol. The summed E-state index contributed by atoms with van der Waals surface area (Å²) in [6.45, 7) is 7.64. The van der Waals surface area contributed by atoms with Crippen LogP contribution in [0.3, 0.4) is 0 Å². The van der Waals surface area contributed by atoms with E-state index < -0.39 is 11.7 Å². The number of rotatable bonds is 5. The Balaban J connectivity index is 1.46. The fourth-order valence-electron chi connectivity index (χ4n) is 6.16. The average molecular weight is 519 g/mol. The Hall–Kier alpha value is -2.62. The van der Waals surface area contributed by atoms with Crippen molar-refractivity contribution < 1.29 is 18.0 Å². The smallest absolute Gasteiger partial charge is 0.356 e. The summed E-state index contributed by atoms with van der Waals surface area (Å²) in [7, 11) is 0. The predicted octanol–water partition coefficient (Wildman–Crippen LogP) is 5.40. The van der Waals surface area contributed by atoms with Crippen LogP contribution in [0.5, 0.6) is 0 Å². The van der Waals surface area contributed by atoms with Gasteiger partial charge in [0.05, 0.1) is 5.69 Å². The van der Waals surface area contributed by atoms with E-state index in [0.29, 0.717) is 48.7 Å². The zero-order valence-corrected chi connectivity index (χ0v) is 21.8. The van der Waals surface area contributed by atoms with E-state index in [9.17, 15) is 18.0 Å². The molecule has 2 aromatic rings. The molecule has 5 rings (SSSR count). The van der Waals surface area contributed by atoms with Crippen LogP contribution in [-0.4, -0.2) is 56.5 Å². The lowest BCUT2D eigenvalue weighted by atomic mass is 9.91. The van der Waals surface area contributed by atoms with E-state index in [1.807, 2.05) is 4.90 Å². The number of piperidine rings is 1. The summed E-state index contributed by atoms with van der Waals surface area (Å²) in [5.74, 6) is 0.517. The number of aromatic nitrogens is 3. The van der Waals surface area contributed by atoms with Gasteiger partial charge in [0.25, 0.3) is 5.91 Å². The van der Waals surface area contributed by atoms with Crippen molar-refractivity contribution >= 4 is 11.9 Å². The third-order valence-electron chi connectivity index (χ3n) is 8.49. The normalized spacial score (nSPS) is 23.6. The molecule has 1 amide bonds. The van der Waals surface area contributed by atoms with Gasteiger partial charge in [-0.25, -0.2) is 9.97 Å². The lowest BCUT2D eigenvalue weighted by Crippen LogP contribution is -2.50. The van der Waals surface area contributed by atoms with E-state index in [4.69, 9.17) is 0 Å². The second-order valence-corrected chi connectivity index (χ2v) is 11.5. The Morgan fingerprint density at radius 1 is 1.19 bits per heavy atom. The molecule has 10 heteroatoms. The number of nitrogens with zero attached hydrogens (tertiary/aromatic N) is 3. The number of fused-ring (bicyclic) bond motifs is 1. The molecule has 2 aromatic heterocycles. The number of hydrogen-bond acceptors (Lipinski definition) is 5. The molecule has 202 valence electrons. The second kappa shape index (κ2) is 9.93. The van der Waals surface area contributed by atoms with E-state index in [0.717, 1.165) is 31.9 Å². The summed E-state index contributed by atoms with van der Waals surface area (Å²) < 4.78 is 42.1. The van der Waals surface area contributed by atoms with Gasteiger partial charge in [-0.15, -0.1) is 0 Å². The number of alkyl halides is 3. The van der Waals surface area contributed by atoms with E-state index in [1.54, 1.807) is 0 Å². The lowest BCUT2D eigenvalue weighted by Gasteiger charge is -2.36. The first-order valence-electron chi connectivity index (χ1n) is 13.5. The van der Waals surface area contributed by atoms with Gasteiger partial charge in [0.1, 0.15) is 11.3 Å². The zero-order valence-electron chi connectivity index (χ0n) is 21.8. The maximum absolute atomic E-state index is 14.0. The van der Waals surface area contributed by atoms with Gasteiger partial charge < -0.3 is 20.5 Å². The van der Waals surface area contributed by atoms with Crippen LogP contribution in [0, 0.1) is 5.92 Å². The molecule has 3 aliphatic rings. The number of nitrogens with one attached hydrogen (secondary N) is 3. The summed E-state index contributed by atoms with van der Waals surface area (Å²) in [5, 5.41) is 6.66. The number of aromatic amines is 1. The van der Waals surface area contributed by atoms with Gasteiger partial charge in [-0.05, 0) is 70.8 Å². The molecule has 1 saturated carbocycles. The molecule has 0 radical (unpaired) electrons. The number of hydrogen-bond donors (Lipinski definition) is 3. The summed E-state index contributed by atoms with van der Waals surface area (Å²) >= 11 is 0.